The van der Waals surface area contributed by atoms with E-state index in [1.807, 2.05) is 13.0 Å². The predicted molar refractivity (Wildman–Crippen MR) is 84.2 cm³/mol. The summed E-state index contributed by atoms with van der Waals surface area (Å²) in [6.07, 6.45) is 2.29. The molecule has 118 valence electrons. The van der Waals surface area contributed by atoms with E-state index in [9.17, 15) is 13.2 Å². The van der Waals surface area contributed by atoms with Crippen LogP contribution in [0.2, 0.25) is 0 Å². The summed E-state index contributed by atoms with van der Waals surface area (Å²) in [7, 11) is -3.03. The van der Waals surface area contributed by atoms with Crippen molar-refractivity contribution in [1.29, 1.82) is 5.26 Å². The van der Waals surface area contributed by atoms with Crippen LogP contribution in [0.25, 0.3) is 0 Å². The van der Waals surface area contributed by atoms with Crippen molar-refractivity contribution in [2.75, 3.05) is 18.1 Å². The first-order valence-electron chi connectivity index (χ1n) is 7.48. The average Bonchev–Trinajstić information content (AvgIpc) is 2.87. The number of sulfone groups is 1. The van der Waals surface area contributed by atoms with Gasteiger partial charge < -0.3 is 4.90 Å². The number of carbonyl (C=O) groups is 1. The molecule has 1 aliphatic heterocycles. The van der Waals surface area contributed by atoms with Gasteiger partial charge in [0, 0.05) is 18.2 Å². The first kappa shape index (κ1) is 16.5. The molecule has 0 aromatic heterocycles. The number of nitriles is 1. The number of hydrogen-bond acceptors (Lipinski definition) is 4. The van der Waals surface area contributed by atoms with E-state index >= 15 is 0 Å². The van der Waals surface area contributed by atoms with Gasteiger partial charge in [-0.05, 0) is 37.1 Å². The Kier molecular flexibility index (Phi) is 5.19. The van der Waals surface area contributed by atoms with E-state index in [2.05, 4.69) is 0 Å². The summed E-state index contributed by atoms with van der Waals surface area (Å²) in [6.45, 7) is 2.60. The molecule has 1 aromatic carbocycles. The fourth-order valence-corrected chi connectivity index (χ4v) is 4.38. The molecule has 1 aliphatic rings. The summed E-state index contributed by atoms with van der Waals surface area (Å²) in [5.41, 5.74) is 1.000. The first-order valence-corrected chi connectivity index (χ1v) is 9.30. The average molecular weight is 320 g/mol. The van der Waals surface area contributed by atoms with Gasteiger partial charge in [-0.15, -0.1) is 0 Å². The third-order valence-corrected chi connectivity index (χ3v) is 5.67. The van der Waals surface area contributed by atoms with E-state index in [4.69, 9.17) is 5.26 Å². The minimum absolute atomic E-state index is 0.0543. The molecule has 0 radical (unpaired) electrons. The van der Waals surface area contributed by atoms with E-state index in [0.717, 1.165) is 12.8 Å². The molecule has 6 heteroatoms. The number of rotatable bonds is 5. The third-order valence-electron chi connectivity index (χ3n) is 3.92. The second-order valence-corrected chi connectivity index (χ2v) is 7.83. The van der Waals surface area contributed by atoms with E-state index in [0.29, 0.717) is 24.1 Å². The van der Waals surface area contributed by atoms with E-state index < -0.39 is 9.84 Å². The van der Waals surface area contributed by atoms with Gasteiger partial charge in [0.1, 0.15) is 0 Å². The third kappa shape index (κ3) is 3.86. The molecule has 1 atom stereocenters. The highest BCUT2D eigenvalue weighted by Crippen LogP contribution is 2.21. The van der Waals surface area contributed by atoms with Crippen molar-refractivity contribution in [3.8, 4) is 6.07 Å². The number of amides is 1. The zero-order valence-electron chi connectivity index (χ0n) is 12.7. The number of unbranched alkanes of at least 4 members (excludes halogenated alkanes) is 1. The monoisotopic (exact) mass is 320 g/mol. The van der Waals surface area contributed by atoms with Gasteiger partial charge in [-0.1, -0.05) is 13.3 Å². The van der Waals surface area contributed by atoms with Gasteiger partial charge in [-0.3, -0.25) is 4.79 Å². The quantitative estimate of drug-likeness (QED) is 0.831. The Morgan fingerprint density at radius 1 is 1.36 bits per heavy atom. The van der Waals surface area contributed by atoms with Crippen LogP contribution in [0.4, 0.5) is 0 Å². The molecule has 1 saturated heterocycles. The van der Waals surface area contributed by atoms with Crippen LogP contribution < -0.4 is 0 Å². The van der Waals surface area contributed by atoms with E-state index in [1.54, 1.807) is 29.2 Å². The predicted octanol–water partition coefficient (Wildman–Crippen LogP) is 1.99. The maximum absolute atomic E-state index is 12.7. The second-order valence-electron chi connectivity index (χ2n) is 5.60. The van der Waals surface area contributed by atoms with Crippen LogP contribution in [-0.4, -0.2) is 43.3 Å². The van der Waals surface area contributed by atoms with Gasteiger partial charge in [0.2, 0.25) is 0 Å². The van der Waals surface area contributed by atoms with Gasteiger partial charge in [0.05, 0.1) is 23.1 Å². The Hall–Kier alpha value is -1.87. The lowest BCUT2D eigenvalue weighted by molar-refractivity contribution is 0.0694. The smallest absolute Gasteiger partial charge is 0.254 e. The zero-order valence-corrected chi connectivity index (χ0v) is 13.5. The maximum Gasteiger partial charge on any atom is 0.254 e. The number of hydrogen-bond donors (Lipinski definition) is 0. The number of carbonyl (C=O) groups excluding carboxylic acids is 1. The van der Waals surface area contributed by atoms with Crippen LogP contribution in [0.3, 0.4) is 0 Å². The highest BCUT2D eigenvalue weighted by Gasteiger charge is 2.34. The Morgan fingerprint density at radius 2 is 2.05 bits per heavy atom. The Labute approximate surface area is 131 Å². The normalized spacial score (nSPS) is 19.5. The summed E-state index contributed by atoms with van der Waals surface area (Å²) >= 11 is 0. The van der Waals surface area contributed by atoms with Crippen molar-refractivity contribution in [3.63, 3.8) is 0 Å². The molecule has 0 N–H and O–H groups in total. The van der Waals surface area contributed by atoms with Gasteiger partial charge in [-0.25, -0.2) is 8.42 Å². The highest BCUT2D eigenvalue weighted by atomic mass is 32.2. The van der Waals surface area contributed by atoms with Crippen LogP contribution >= 0.6 is 0 Å². The van der Waals surface area contributed by atoms with Crippen LogP contribution in [0.1, 0.15) is 42.1 Å². The van der Waals surface area contributed by atoms with Crippen molar-refractivity contribution in [2.24, 2.45) is 0 Å². The molecule has 1 aromatic rings. The summed E-state index contributed by atoms with van der Waals surface area (Å²) in [6, 6.07) is 8.25. The fraction of sp³-hybridized carbons (Fsp3) is 0.500. The highest BCUT2D eigenvalue weighted by molar-refractivity contribution is 7.91. The van der Waals surface area contributed by atoms with Crippen LogP contribution in [0.5, 0.6) is 0 Å². The van der Waals surface area contributed by atoms with Gasteiger partial charge in [0.15, 0.2) is 9.84 Å². The zero-order chi connectivity index (χ0) is 16.2. The molecule has 0 spiro atoms. The van der Waals surface area contributed by atoms with Crippen molar-refractivity contribution in [1.82, 2.24) is 4.90 Å². The topological polar surface area (TPSA) is 78.2 Å². The molecule has 1 amide bonds. The van der Waals surface area contributed by atoms with E-state index in [1.165, 1.54) is 0 Å². The first-order chi connectivity index (χ1) is 10.5. The Bertz CT molecular complexity index is 674. The summed E-state index contributed by atoms with van der Waals surface area (Å²) in [5.74, 6) is 0.0553. The molecule has 1 unspecified atom stereocenters. The van der Waals surface area contributed by atoms with Crippen LogP contribution in [0.15, 0.2) is 24.3 Å². The van der Waals surface area contributed by atoms with Crippen LogP contribution in [0, 0.1) is 11.3 Å². The molecule has 1 heterocycles. The molecule has 1 fully saturated rings. The molecular formula is C16H20N2O3S. The van der Waals surface area contributed by atoms with Gasteiger partial charge in [-0.2, -0.15) is 5.26 Å². The Balaban J connectivity index is 2.20. The molecule has 0 saturated carbocycles. The van der Waals surface area contributed by atoms with Gasteiger partial charge >= 0.3 is 0 Å². The largest absolute Gasteiger partial charge is 0.335 e. The molecule has 0 bridgehead atoms. The van der Waals surface area contributed by atoms with Crippen molar-refractivity contribution >= 4 is 15.7 Å². The number of nitrogens with zero attached hydrogens (tertiary/aromatic N) is 2. The lowest BCUT2D eigenvalue weighted by Crippen LogP contribution is -2.41. The number of benzene rings is 1. The van der Waals surface area contributed by atoms with Crippen LogP contribution in [-0.2, 0) is 9.84 Å². The second kappa shape index (κ2) is 6.93. The minimum Gasteiger partial charge on any atom is -0.335 e. The van der Waals surface area contributed by atoms with Crippen molar-refractivity contribution in [2.45, 2.75) is 32.2 Å². The standard InChI is InChI=1S/C16H20N2O3S/c1-2-3-9-18(15-8-10-22(20,21)12-15)16(19)14-6-4-13(11-17)5-7-14/h4-7,15H,2-3,8-10,12H2,1H3. The molecule has 0 aliphatic carbocycles. The van der Waals surface area contributed by atoms with Crippen molar-refractivity contribution < 1.29 is 13.2 Å². The van der Waals surface area contributed by atoms with Crippen molar-refractivity contribution in [3.05, 3.63) is 35.4 Å². The fourth-order valence-electron chi connectivity index (χ4n) is 2.65. The maximum atomic E-state index is 12.7. The lowest BCUT2D eigenvalue weighted by atomic mass is 10.1. The summed E-state index contributed by atoms with van der Waals surface area (Å²) in [4.78, 5) is 14.4. The summed E-state index contributed by atoms with van der Waals surface area (Å²) in [5, 5.41) is 8.81. The van der Waals surface area contributed by atoms with Gasteiger partial charge in [0.25, 0.3) is 5.91 Å². The molecular weight excluding hydrogens is 300 g/mol. The Morgan fingerprint density at radius 3 is 2.55 bits per heavy atom. The minimum atomic E-state index is -3.03. The van der Waals surface area contributed by atoms with E-state index in [-0.39, 0.29) is 23.5 Å². The SMILES string of the molecule is CCCCN(C(=O)c1ccc(C#N)cc1)C1CCS(=O)(=O)C1. The summed E-state index contributed by atoms with van der Waals surface area (Å²) < 4.78 is 23.4. The lowest BCUT2D eigenvalue weighted by Gasteiger charge is -2.28. The molecule has 2 rings (SSSR count). The molecule has 5 nitrogen and oxygen atoms in total. The molecule has 22 heavy (non-hydrogen) atoms.